The van der Waals surface area contributed by atoms with Gasteiger partial charge in [0.05, 0.1) is 9.21 Å². The molecular formula is C9H14Cl2N2OS. The molecule has 6 heteroatoms. The van der Waals surface area contributed by atoms with Gasteiger partial charge >= 0.3 is 0 Å². The molecule has 1 heterocycles. The third-order valence-electron chi connectivity index (χ3n) is 1.83. The Balaban J connectivity index is 0.00000196. The van der Waals surface area contributed by atoms with Crippen molar-refractivity contribution in [2.45, 2.75) is 0 Å². The van der Waals surface area contributed by atoms with E-state index in [0.717, 1.165) is 6.54 Å². The van der Waals surface area contributed by atoms with Crippen LogP contribution < -0.4 is 5.32 Å². The second kappa shape index (κ2) is 7.06. The SMILES string of the molecule is CNCCN(C)C(=O)c1ccc(Cl)s1.Cl. The molecule has 0 saturated carbocycles. The van der Waals surface area contributed by atoms with Gasteiger partial charge in [-0.2, -0.15) is 0 Å². The Morgan fingerprint density at radius 3 is 2.73 bits per heavy atom. The molecule has 0 radical (unpaired) electrons. The van der Waals surface area contributed by atoms with Crippen LogP contribution in [-0.4, -0.2) is 38.0 Å². The molecule has 0 aliphatic carbocycles. The molecule has 86 valence electrons. The maximum atomic E-state index is 11.7. The van der Waals surface area contributed by atoms with Crippen molar-refractivity contribution in [1.82, 2.24) is 10.2 Å². The molecule has 3 nitrogen and oxygen atoms in total. The Morgan fingerprint density at radius 2 is 2.27 bits per heavy atom. The van der Waals surface area contributed by atoms with Gasteiger partial charge in [0.15, 0.2) is 0 Å². The number of rotatable bonds is 4. The van der Waals surface area contributed by atoms with E-state index >= 15 is 0 Å². The predicted molar refractivity (Wildman–Crippen MR) is 67.5 cm³/mol. The van der Waals surface area contributed by atoms with Crippen molar-refractivity contribution >= 4 is 41.3 Å². The van der Waals surface area contributed by atoms with Crippen LogP contribution in [0.4, 0.5) is 0 Å². The fraction of sp³-hybridized carbons (Fsp3) is 0.444. The molecule has 1 aromatic heterocycles. The van der Waals surface area contributed by atoms with Crippen LogP contribution in [0.25, 0.3) is 0 Å². The van der Waals surface area contributed by atoms with E-state index in [-0.39, 0.29) is 18.3 Å². The summed E-state index contributed by atoms with van der Waals surface area (Å²) in [5, 5.41) is 2.99. The number of nitrogens with zero attached hydrogens (tertiary/aromatic N) is 1. The summed E-state index contributed by atoms with van der Waals surface area (Å²) in [4.78, 5) is 14.1. The van der Waals surface area contributed by atoms with Crippen LogP contribution in [0.15, 0.2) is 12.1 Å². The van der Waals surface area contributed by atoms with Gasteiger partial charge in [0.2, 0.25) is 0 Å². The Labute approximate surface area is 105 Å². The van der Waals surface area contributed by atoms with Crippen molar-refractivity contribution in [3.8, 4) is 0 Å². The summed E-state index contributed by atoms with van der Waals surface area (Å²) in [6.45, 7) is 1.49. The predicted octanol–water partition coefficient (Wildman–Crippen LogP) is 2.11. The second-order valence-electron chi connectivity index (χ2n) is 2.93. The number of nitrogens with one attached hydrogen (secondary N) is 1. The van der Waals surface area contributed by atoms with Gasteiger partial charge in [-0.3, -0.25) is 4.79 Å². The van der Waals surface area contributed by atoms with E-state index in [1.54, 1.807) is 24.1 Å². The monoisotopic (exact) mass is 268 g/mol. The maximum absolute atomic E-state index is 11.7. The lowest BCUT2D eigenvalue weighted by molar-refractivity contribution is 0.0801. The number of hydrogen-bond acceptors (Lipinski definition) is 3. The fourth-order valence-electron chi connectivity index (χ4n) is 0.998. The minimum atomic E-state index is 0. The summed E-state index contributed by atoms with van der Waals surface area (Å²) < 4.78 is 0.648. The molecule has 0 spiro atoms. The number of amides is 1. The van der Waals surface area contributed by atoms with Crippen LogP contribution in [0, 0.1) is 0 Å². The molecule has 0 aliphatic rings. The molecule has 0 fully saturated rings. The lowest BCUT2D eigenvalue weighted by Crippen LogP contribution is -2.32. The van der Waals surface area contributed by atoms with Gasteiger partial charge in [-0.05, 0) is 19.2 Å². The molecule has 0 bridgehead atoms. The summed E-state index contributed by atoms with van der Waals surface area (Å²) in [7, 11) is 3.65. The van der Waals surface area contributed by atoms with Crippen molar-refractivity contribution in [3.05, 3.63) is 21.3 Å². The number of carbonyl (C=O) groups excluding carboxylic acids is 1. The summed E-state index contributed by atoms with van der Waals surface area (Å²) >= 11 is 7.06. The second-order valence-corrected chi connectivity index (χ2v) is 4.65. The van der Waals surface area contributed by atoms with E-state index in [2.05, 4.69) is 5.32 Å². The van der Waals surface area contributed by atoms with Crippen LogP contribution >= 0.6 is 35.3 Å². The van der Waals surface area contributed by atoms with Crippen LogP contribution in [0.2, 0.25) is 4.34 Å². The third-order valence-corrected chi connectivity index (χ3v) is 3.05. The first-order valence-electron chi connectivity index (χ1n) is 4.30. The van der Waals surface area contributed by atoms with Crippen molar-refractivity contribution < 1.29 is 4.79 Å². The summed E-state index contributed by atoms with van der Waals surface area (Å²) in [6, 6.07) is 3.50. The zero-order chi connectivity index (χ0) is 10.6. The first-order valence-corrected chi connectivity index (χ1v) is 5.50. The average Bonchev–Trinajstić information content (AvgIpc) is 2.60. The van der Waals surface area contributed by atoms with E-state index in [0.29, 0.717) is 15.8 Å². The number of thiophene rings is 1. The topological polar surface area (TPSA) is 32.3 Å². The summed E-state index contributed by atoms with van der Waals surface area (Å²) in [5.41, 5.74) is 0. The third kappa shape index (κ3) is 4.38. The molecule has 0 atom stereocenters. The smallest absolute Gasteiger partial charge is 0.263 e. The highest BCUT2D eigenvalue weighted by molar-refractivity contribution is 7.17. The van der Waals surface area contributed by atoms with Crippen LogP contribution in [0.3, 0.4) is 0 Å². The largest absolute Gasteiger partial charge is 0.340 e. The summed E-state index contributed by atoms with van der Waals surface area (Å²) in [6.07, 6.45) is 0. The lowest BCUT2D eigenvalue weighted by atomic mass is 10.4. The minimum Gasteiger partial charge on any atom is -0.340 e. The zero-order valence-electron chi connectivity index (χ0n) is 8.62. The lowest BCUT2D eigenvalue weighted by Gasteiger charge is -2.15. The van der Waals surface area contributed by atoms with Gasteiger partial charge in [-0.25, -0.2) is 0 Å². The Kier molecular flexibility index (Phi) is 6.92. The molecule has 1 amide bonds. The first kappa shape index (κ1) is 14.7. The van der Waals surface area contributed by atoms with Crippen molar-refractivity contribution in [3.63, 3.8) is 0 Å². The van der Waals surface area contributed by atoms with Crippen LogP contribution in [0.5, 0.6) is 0 Å². The molecule has 15 heavy (non-hydrogen) atoms. The van der Waals surface area contributed by atoms with E-state index < -0.39 is 0 Å². The quantitative estimate of drug-likeness (QED) is 0.908. The number of hydrogen-bond donors (Lipinski definition) is 1. The van der Waals surface area contributed by atoms with E-state index in [4.69, 9.17) is 11.6 Å². The molecule has 1 rings (SSSR count). The Hall–Kier alpha value is -0.290. The Morgan fingerprint density at radius 1 is 1.60 bits per heavy atom. The molecule has 1 N–H and O–H groups in total. The van der Waals surface area contributed by atoms with E-state index in [1.807, 2.05) is 7.05 Å². The highest BCUT2D eigenvalue weighted by atomic mass is 35.5. The standard InChI is InChI=1S/C9H13ClN2OS.ClH/c1-11-5-6-12(2)9(13)7-3-4-8(10)14-7;/h3-4,11H,5-6H2,1-2H3;1H. The Bertz CT molecular complexity index is 317. The highest BCUT2D eigenvalue weighted by Crippen LogP contribution is 2.22. The minimum absolute atomic E-state index is 0. The van der Waals surface area contributed by atoms with Crippen molar-refractivity contribution in [2.24, 2.45) is 0 Å². The van der Waals surface area contributed by atoms with E-state index in [1.165, 1.54) is 11.3 Å². The molecule has 0 aromatic carbocycles. The maximum Gasteiger partial charge on any atom is 0.263 e. The van der Waals surface area contributed by atoms with E-state index in [9.17, 15) is 4.79 Å². The van der Waals surface area contributed by atoms with Gasteiger partial charge in [0.25, 0.3) is 5.91 Å². The van der Waals surface area contributed by atoms with Crippen LogP contribution in [-0.2, 0) is 0 Å². The number of likely N-dealkylation sites (N-methyl/N-ethyl adjacent to an activating group) is 2. The first-order chi connectivity index (χ1) is 6.65. The van der Waals surface area contributed by atoms with Crippen LogP contribution in [0.1, 0.15) is 9.67 Å². The highest BCUT2D eigenvalue weighted by Gasteiger charge is 2.12. The van der Waals surface area contributed by atoms with Gasteiger partial charge in [0.1, 0.15) is 0 Å². The molecule has 0 unspecified atom stereocenters. The average molecular weight is 269 g/mol. The number of carbonyl (C=O) groups is 1. The van der Waals surface area contributed by atoms with Crippen molar-refractivity contribution in [2.75, 3.05) is 27.2 Å². The molecule has 1 aromatic rings. The van der Waals surface area contributed by atoms with Gasteiger partial charge in [-0.1, -0.05) is 11.6 Å². The zero-order valence-corrected chi connectivity index (χ0v) is 11.0. The van der Waals surface area contributed by atoms with Gasteiger partial charge < -0.3 is 10.2 Å². The number of halogens is 2. The molecular weight excluding hydrogens is 255 g/mol. The van der Waals surface area contributed by atoms with Crippen molar-refractivity contribution in [1.29, 1.82) is 0 Å². The fourth-order valence-corrected chi connectivity index (χ4v) is 2.04. The van der Waals surface area contributed by atoms with Gasteiger partial charge in [-0.15, -0.1) is 23.7 Å². The summed E-state index contributed by atoms with van der Waals surface area (Å²) in [5.74, 6) is 0.0251. The normalized spacial score (nSPS) is 9.53. The molecule has 0 aliphatic heterocycles. The van der Waals surface area contributed by atoms with Gasteiger partial charge in [0, 0.05) is 20.1 Å². The molecule has 0 saturated heterocycles.